The number of carbonyl (C=O) groups excluding carboxylic acids is 2. The molecule has 1 atom stereocenters. The Morgan fingerprint density at radius 2 is 1.62 bits per heavy atom. The number of nitrogens with zero attached hydrogens (tertiary/aromatic N) is 1. The second kappa shape index (κ2) is 14.2. The van der Waals surface area contributed by atoms with E-state index in [0.29, 0.717) is 23.4 Å². The third-order valence-corrected chi connectivity index (χ3v) is 7.63. The number of benzene rings is 3. The van der Waals surface area contributed by atoms with Crippen LogP contribution in [0.5, 0.6) is 5.75 Å². The Hall–Kier alpha value is -3.29. The number of halogens is 1. The lowest BCUT2D eigenvalue weighted by Crippen LogP contribution is -2.46. The van der Waals surface area contributed by atoms with Gasteiger partial charge in [-0.15, -0.1) is 0 Å². The van der Waals surface area contributed by atoms with Crippen LogP contribution in [-0.4, -0.2) is 39.1 Å². The fourth-order valence-electron chi connectivity index (χ4n) is 3.43. The Morgan fingerprint density at radius 1 is 0.974 bits per heavy atom. The molecule has 0 radical (unpaired) electrons. The normalized spacial score (nSPS) is 12.3. The molecule has 3 N–H and O–H groups in total. The van der Waals surface area contributed by atoms with Gasteiger partial charge in [-0.05, 0) is 108 Å². The molecule has 0 unspecified atom stereocenters. The SMILES string of the molecule is Cc1ccc(S(=O)(=O)N[C@@H](CC(C)C)C(=O)N/N=C\c2ccc(OCC(=O)Nc3ccc(I)cc3)cc2)cc1. The summed E-state index contributed by atoms with van der Waals surface area (Å²) in [7, 11) is -3.89. The van der Waals surface area contributed by atoms with Gasteiger partial charge in [0.25, 0.3) is 11.8 Å². The molecule has 0 aromatic heterocycles. The van der Waals surface area contributed by atoms with Crippen LogP contribution >= 0.6 is 22.6 Å². The molecule has 9 nitrogen and oxygen atoms in total. The standard InChI is InChI=1S/C28H31IN4O5S/c1-19(2)16-26(33-39(36,37)25-14-4-20(3)5-15-25)28(35)32-30-17-21-6-12-24(13-7-21)38-18-27(34)31-23-10-8-22(29)9-11-23/h4-15,17,19,26,33H,16,18H2,1-3H3,(H,31,34)(H,32,35)/b30-17-/t26-/m0/s1. The number of aryl methyl sites for hydroxylation is 1. The Labute approximate surface area is 242 Å². The predicted molar refractivity (Wildman–Crippen MR) is 160 cm³/mol. The summed E-state index contributed by atoms with van der Waals surface area (Å²) < 4.78 is 34.7. The van der Waals surface area contributed by atoms with E-state index >= 15 is 0 Å². The maximum Gasteiger partial charge on any atom is 0.262 e. The van der Waals surface area contributed by atoms with E-state index in [0.717, 1.165) is 9.13 Å². The third kappa shape index (κ3) is 10.1. The van der Waals surface area contributed by atoms with Gasteiger partial charge in [0.1, 0.15) is 11.8 Å². The van der Waals surface area contributed by atoms with Gasteiger partial charge in [0.15, 0.2) is 6.61 Å². The zero-order valence-electron chi connectivity index (χ0n) is 21.8. The molecule has 206 valence electrons. The summed E-state index contributed by atoms with van der Waals surface area (Å²) in [5.74, 6) is -0.277. The molecule has 39 heavy (non-hydrogen) atoms. The largest absolute Gasteiger partial charge is 0.484 e. The van der Waals surface area contributed by atoms with Crippen molar-refractivity contribution in [3.63, 3.8) is 0 Å². The minimum Gasteiger partial charge on any atom is -0.484 e. The number of carbonyl (C=O) groups is 2. The molecule has 0 fully saturated rings. The summed E-state index contributed by atoms with van der Waals surface area (Å²) in [5.41, 5.74) is 4.72. The van der Waals surface area contributed by atoms with Gasteiger partial charge in [0.05, 0.1) is 11.1 Å². The second-order valence-corrected chi connectivity index (χ2v) is 12.2. The Kier molecular flexibility index (Phi) is 11.0. The summed E-state index contributed by atoms with van der Waals surface area (Å²) in [6, 6.07) is 19.6. The highest BCUT2D eigenvalue weighted by atomic mass is 127. The van der Waals surface area contributed by atoms with E-state index in [4.69, 9.17) is 4.74 Å². The van der Waals surface area contributed by atoms with Crippen molar-refractivity contribution in [2.75, 3.05) is 11.9 Å². The molecule has 0 bridgehead atoms. The van der Waals surface area contributed by atoms with Gasteiger partial charge in [0, 0.05) is 9.26 Å². The molecule has 0 spiro atoms. The summed E-state index contributed by atoms with van der Waals surface area (Å²) in [5, 5.41) is 6.74. The van der Waals surface area contributed by atoms with Crippen molar-refractivity contribution in [3.8, 4) is 5.75 Å². The van der Waals surface area contributed by atoms with Gasteiger partial charge in [-0.1, -0.05) is 31.5 Å². The molecular formula is C28H31IN4O5S. The molecular weight excluding hydrogens is 631 g/mol. The molecule has 0 aliphatic rings. The van der Waals surface area contributed by atoms with Crippen LogP contribution in [0, 0.1) is 16.4 Å². The lowest BCUT2D eigenvalue weighted by Gasteiger charge is -2.19. The van der Waals surface area contributed by atoms with Gasteiger partial charge >= 0.3 is 0 Å². The average molecular weight is 663 g/mol. The predicted octanol–water partition coefficient (Wildman–Crippen LogP) is 4.46. The van der Waals surface area contributed by atoms with E-state index in [9.17, 15) is 18.0 Å². The fourth-order valence-corrected chi connectivity index (χ4v) is 5.00. The van der Waals surface area contributed by atoms with E-state index in [1.54, 1.807) is 36.4 Å². The van der Waals surface area contributed by atoms with E-state index in [-0.39, 0.29) is 23.3 Å². The van der Waals surface area contributed by atoms with E-state index < -0.39 is 22.0 Å². The van der Waals surface area contributed by atoms with Gasteiger partial charge in [-0.25, -0.2) is 13.8 Å². The zero-order valence-corrected chi connectivity index (χ0v) is 24.8. The molecule has 0 heterocycles. The van der Waals surface area contributed by atoms with Crippen LogP contribution in [-0.2, 0) is 19.6 Å². The number of ether oxygens (including phenoxy) is 1. The maximum atomic E-state index is 12.8. The smallest absolute Gasteiger partial charge is 0.262 e. The number of amides is 2. The number of hydrogen-bond acceptors (Lipinski definition) is 6. The summed E-state index contributed by atoms with van der Waals surface area (Å²) in [6.45, 7) is 5.52. The van der Waals surface area contributed by atoms with E-state index in [1.807, 2.05) is 45.0 Å². The highest BCUT2D eigenvalue weighted by Crippen LogP contribution is 2.15. The van der Waals surface area contributed by atoms with Gasteiger partial charge < -0.3 is 10.1 Å². The quantitative estimate of drug-likeness (QED) is 0.150. The molecule has 3 aromatic rings. The zero-order chi connectivity index (χ0) is 28.4. The van der Waals surface area contributed by atoms with Crippen molar-refractivity contribution in [2.24, 2.45) is 11.0 Å². The molecule has 0 saturated carbocycles. The van der Waals surface area contributed by atoms with Crippen LogP contribution in [0.3, 0.4) is 0 Å². The lowest BCUT2D eigenvalue weighted by atomic mass is 10.0. The Morgan fingerprint density at radius 3 is 2.23 bits per heavy atom. The van der Waals surface area contributed by atoms with Gasteiger partial charge in [-0.3, -0.25) is 9.59 Å². The molecule has 0 aliphatic heterocycles. The summed E-state index contributed by atoms with van der Waals surface area (Å²) in [4.78, 5) is 25.0. The number of hydrogen-bond donors (Lipinski definition) is 3. The van der Waals surface area contributed by atoms with Crippen molar-refractivity contribution in [1.29, 1.82) is 0 Å². The van der Waals surface area contributed by atoms with Crippen molar-refractivity contribution >= 4 is 56.3 Å². The minimum atomic E-state index is -3.89. The Balaban J connectivity index is 1.53. The van der Waals surface area contributed by atoms with Crippen LogP contribution in [0.15, 0.2) is 82.8 Å². The first kappa shape index (κ1) is 30.3. The molecule has 2 amide bonds. The highest BCUT2D eigenvalue weighted by Gasteiger charge is 2.26. The summed E-state index contributed by atoms with van der Waals surface area (Å²) in [6.07, 6.45) is 1.74. The topological polar surface area (TPSA) is 126 Å². The number of sulfonamides is 1. The molecule has 11 heteroatoms. The van der Waals surface area contributed by atoms with Crippen molar-refractivity contribution in [2.45, 2.75) is 38.1 Å². The average Bonchev–Trinajstić information content (AvgIpc) is 2.89. The Bertz CT molecular complexity index is 1390. The van der Waals surface area contributed by atoms with Gasteiger partial charge in [-0.2, -0.15) is 9.82 Å². The van der Waals surface area contributed by atoms with Crippen molar-refractivity contribution in [3.05, 3.63) is 87.5 Å². The monoisotopic (exact) mass is 662 g/mol. The molecule has 0 aliphatic carbocycles. The van der Waals surface area contributed by atoms with Crippen LogP contribution in [0.1, 0.15) is 31.4 Å². The second-order valence-electron chi connectivity index (χ2n) is 9.26. The first-order valence-corrected chi connectivity index (χ1v) is 14.8. The molecule has 3 rings (SSSR count). The summed E-state index contributed by atoms with van der Waals surface area (Å²) >= 11 is 2.19. The molecule has 3 aromatic carbocycles. The molecule has 0 saturated heterocycles. The van der Waals surface area contributed by atoms with Crippen LogP contribution in [0.25, 0.3) is 0 Å². The third-order valence-electron chi connectivity index (χ3n) is 5.42. The first-order chi connectivity index (χ1) is 18.5. The van der Waals surface area contributed by atoms with Crippen molar-refractivity contribution in [1.82, 2.24) is 10.1 Å². The van der Waals surface area contributed by atoms with E-state index in [2.05, 4.69) is 43.2 Å². The number of hydrazone groups is 1. The van der Waals surface area contributed by atoms with Crippen LogP contribution < -0.4 is 20.2 Å². The number of nitrogens with one attached hydrogen (secondary N) is 3. The highest BCUT2D eigenvalue weighted by molar-refractivity contribution is 14.1. The van der Waals surface area contributed by atoms with Crippen molar-refractivity contribution < 1.29 is 22.7 Å². The number of anilines is 1. The first-order valence-electron chi connectivity index (χ1n) is 12.2. The van der Waals surface area contributed by atoms with Crippen LogP contribution in [0.4, 0.5) is 5.69 Å². The van der Waals surface area contributed by atoms with Crippen LogP contribution in [0.2, 0.25) is 0 Å². The fraction of sp³-hybridized carbons (Fsp3) is 0.250. The number of rotatable bonds is 12. The van der Waals surface area contributed by atoms with Gasteiger partial charge in [0.2, 0.25) is 10.0 Å². The maximum absolute atomic E-state index is 12.8. The van der Waals surface area contributed by atoms with E-state index in [1.165, 1.54) is 18.3 Å². The lowest BCUT2D eigenvalue weighted by molar-refractivity contribution is -0.123. The minimum absolute atomic E-state index is 0.0663.